The van der Waals surface area contributed by atoms with Gasteiger partial charge in [0, 0.05) is 18.9 Å². The monoisotopic (exact) mass is 232 g/mol. The fourth-order valence-electron chi connectivity index (χ4n) is 2.09. The van der Waals surface area contributed by atoms with Gasteiger partial charge >= 0.3 is 0 Å². The van der Waals surface area contributed by atoms with Gasteiger partial charge in [0.2, 0.25) is 0 Å². The van der Waals surface area contributed by atoms with Gasteiger partial charge in [0.05, 0.1) is 17.4 Å². The van der Waals surface area contributed by atoms with Gasteiger partial charge in [0.1, 0.15) is 0 Å². The minimum Gasteiger partial charge on any atom is -0.363 e. The third kappa shape index (κ3) is 2.42. The first-order valence-corrected chi connectivity index (χ1v) is 6.15. The average Bonchev–Trinajstić information content (AvgIpc) is 2.95. The summed E-state index contributed by atoms with van der Waals surface area (Å²) in [5.41, 5.74) is 3.51. The second-order valence-electron chi connectivity index (χ2n) is 4.15. The van der Waals surface area contributed by atoms with Crippen LogP contribution in [0.3, 0.4) is 0 Å². The van der Waals surface area contributed by atoms with Crippen molar-refractivity contribution >= 4 is 0 Å². The second-order valence-corrected chi connectivity index (χ2v) is 4.15. The molecule has 2 rings (SSSR count). The zero-order valence-electron chi connectivity index (χ0n) is 10.7. The summed E-state index contributed by atoms with van der Waals surface area (Å²) in [6, 6.07) is 6.49. The summed E-state index contributed by atoms with van der Waals surface area (Å²) in [4.78, 5) is 3.27. The van der Waals surface area contributed by atoms with Crippen LogP contribution in [0.4, 0.5) is 0 Å². The molecule has 2 heterocycles. The Labute approximate surface area is 102 Å². The molecule has 0 amide bonds. The number of nitrogens with one attached hydrogen (secondary N) is 2. The molecule has 2 N–H and O–H groups in total. The van der Waals surface area contributed by atoms with E-state index in [-0.39, 0.29) is 6.04 Å². The number of H-pyrrole nitrogens is 1. The van der Waals surface area contributed by atoms with E-state index in [0.29, 0.717) is 0 Å². The van der Waals surface area contributed by atoms with Crippen molar-refractivity contribution in [3.8, 4) is 0 Å². The molecule has 0 spiro atoms. The molecule has 1 unspecified atom stereocenters. The van der Waals surface area contributed by atoms with Crippen LogP contribution in [0.5, 0.6) is 0 Å². The van der Waals surface area contributed by atoms with Gasteiger partial charge < -0.3 is 10.3 Å². The van der Waals surface area contributed by atoms with Crippen LogP contribution in [-0.4, -0.2) is 21.3 Å². The maximum absolute atomic E-state index is 4.50. The summed E-state index contributed by atoms with van der Waals surface area (Å²) in [7, 11) is 2.00. The third-order valence-electron chi connectivity index (χ3n) is 2.97. The van der Waals surface area contributed by atoms with Gasteiger partial charge in [-0.2, -0.15) is 5.10 Å². The van der Waals surface area contributed by atoms with E-state index in [1.165, 1.54) is 11.4 Å². The molecule has 0 aliphatic carbocycles. The number of nitrogens with zero attached hydrogens (tertiary/aromatic N) is 2. The molecular formula is C13H20N4. The summed E-state index contributed by atoms with van der Waals surface area (Å²) in [5, 5.41) is 7.99. The number of hydrogen-bond acceptors (Lipinski definition) is 2. The molecule has 0 saturated heterocycles. The molecule has 2 aromatic rings. The molecule has 4 nitrogen and oxygen atoms in total. The van der Waals surface area contributed by atoms with E-state index >= 15 is 0 Å². The molecule has 0 bridgehead atoms. The molecule has 4 heteroatoms. The van der Waals surface area contributed by atoms with Gasteiger partial charge in [0.25, 0.3) is 0 Å². The lowest BCUT2D eigenvalue weighted by Gasteiger charge is -2.16. The van der Waals surface area contributed by atoms with E-state index in [0.717, 1.165) is 18.7 Å². The second kappa shape index (κ2) is 5.19. The van der Waals surface area contributed by atoms with Gasteiger partial charge in [-0.1, -0.05) is 13.8 Å². The molecule has 2 aromatic heterocycles. The van der Waals surface area contributed by atoms with Crippen LogP contribution in [0.2, 0.25) is 0 Å². The summed E-state index contributed by atoms with van der Waals surface area (Å²) >= 11 is 0. The van der Waals surface area contributed by atoms with Crippen molar-refractivity contribution in [2.24, 2.45) is 7.05 Å². The van der Waals surface area contributed by atoms with Crippen molar-refractivity contribution in [3.63, 3.8) is 0 Å². The highest BCUT2D eigenvalue weighted by Gasteiger charge is 2.18. The minimum absolute atomic E-state index is 0.188. The predicted octanol–water partition coefficient (Wildman–Crippen LogP) is 2.01. The zero-order valence-corrected chi connectivity index (χ0v) is 10.7. The topological polar surface area (TPSA) is 45.6 Å². The lowest BCUT2D eigenvalue weighted by Crippen LogP contribution is -2.24. The van der Waals surface area contributed by atoms with Crippen molar-refractivity contribution in [3.05, 3.63) is 41.5 Å². The number of aryl methyl sites for hydroxylation is 2. The van der Waals surface area contributed by atoms with Crippen LogP contribution in [0.15, 0.2) is 24.4 Å². The highest BCUT2D eigenvalue weighted by molar-refractivity contribution is 5.24. The standard InChI is InChI=1S/C13H20N4/c1-4-10-9-12(17(3)16-10)13(14-5-2)11-7-6-8-15-11/h6-9,13-15H,4-5H2,1-3H3. The van der Waals surface area contributed by atoms with Crippen LogP contribution in [0.25, 0.3) is 0 Å². The number of aromatic nitrogens is 3. The zero-order chi connectivity index (χ0) is 12.3. The van der Waals surface area contributed by atoms with Crippen molar-refractivity contribution in [1.29, 1.82) is 0 Å². The molecule has 0 radical (unpaired) electrons. The Hall–Kier alpha value is -1.55. The summed E-state index contributed by atoms with van der Waals surface area (Å²) < 4.78 is 1.97. The highest BCUT2D eigenvalue weighted by Crippen LogP contribution is 2.21. The van der Waals surface area contributed by atoms with E-state index in [1.807, 2.05) is 24.0 Å². The molecule has 1 atom stereocenters. The molecular weight excluding hydrogens is 212 g/mol. The van der Waals surface area contributed by atoms with Gasteiger partial charge in [-0.15, -0.1) is 0 Å². The van der Waals surface area contributed by atoms with Gasteiger partial charge in [-0.3, -0.25) is 4.68 Å². The SMILES string of the molecule is CCNC(c1ccc[nH]1)c1cc(CC)nn1C. The van der Waals surface area contributed by atoms with Gasteiger partial charge in [0.15, 0.2) is 0 Å². The number of hydrogen-bond donors (Lipinski definition) is 2. The summed E-state index contributed by atoms with van der Waals surface area (Å²) in [6.45, 7) is 5.17. The van der Waals surface area contributed by atoms with E-state index in [1.54, 1.807) is 0 Å². The molecule has 0 fully saturated rings. The lowest BCUT2D eigenvalue weighted by molar-refractivity contribution is 0.563. The van der Waals surface area contributed by atoms with Crippen molar-refractivity contribution < 1.29 is 0 Å². The summed E-state index contributed by atoms with van der Waals surface area (Å²) in [5.74, 6) is 0. The Kier molecular flexibility index (Phi) is 3.64. The molecule has 0 aliphatic heterocycles. The van der Waals surface area contributed by atoms with Crippen LogP contribution in [-0.2, 0) is 13.5 Å². The molecule has 0 aliphatic rings. The molecule has 0 saturated carbocycles. The van der Waals surface area contributed by atoms with E-state index in [4.69, 9.17) is 0 Å². The first-order chi connectivity index (χ1) is 8.26. The normalized spacial score (nSPS) is 12.9. The largest absolute Gasteiger partial charge is 0.363 e. The Bertz CT molecular complexity index is 456. The summed E-state index contributed by atoms with van der Waals surface area (Å²) in [6.07, 6.45) is 2.92. The fraction of sp³-hybridized carbons (Fsp3) is 0.462. The fourth-order valence-corrected chi connectivity index (χ4v) is 2.09. The molecule has 17 heavy (non-hydrogen) atoms. The van der Waals surface area contributed by atoms with Crippen LogP contribution in [0.1, 0.15) is 37.0 Å². The van der Waals surface area contributed by atoms with E-state index in [2.05, 4.69) is 41.4 Å². The quantitative estimate of drug-likeness (QED) is 0.828. The van der Waals surface area contributed by atoms with E-state index < -0.39 is 0 Å². The Morgan fingerprint density at radius 1 is 1.47 bits per heavy atom. The molecule has 92 valence electrons. The third-order valence-corrected chi connectivity index (χ3v) is 2.97. The van der Waals surface area contributed by atoms with Gasteiger partial charge in [-0.05, 0) is 31.2 Å². The minimum atomic E-state index is 0.188. The van der Waals surface area contributed by atoms with Crippen LogP contribution < -0.4 is 5.32 Å². The first kappa shape index (κ1) is 11.9. The highest BCUT2D eigenvalue weighted by atomic mass is 15.3. The number of aromatic amines is 1. The maximum Gasteiger partial charge on any atom is 0.0899 e. The van der Waals surface area contributed by atoms with Crippen LogP contribution >= 0.6 is 0 Å². The first-order valence-electron chi connectivity index (χ1n) is 6.15. The van der Waals surface area contributed by atoms with Crippen LogP contribution in [0, 0.1) is 0 Å². The van der Waals surface area contributed by atoms with Crippen molar-refractivity contribution in [1.82, 2.24) is 20.1 Å². The Morgan fingerprint density at radius 3 is 2.82 bits per heavy atom. The van der Waals surface area contributed by atoms with Crippen molar-refractivity contribution in [2.75, 3.05) is 6.54 Å². The van der Waals surface area contributed by atoms with Crippen molar-refractivity contribution in [2.45, 2.75) is 26.3 Å². The Balaban J connectivity index is 2.35. The Morgan fingerprint density at radius 2 is 2.29 bits per heavy atom. The number of rotatable bonds is 5. The molecule has 0 aromatic carbocycles. The van der Waals surface area contributed by atoms with Gasteiger partial charge in [-0.25, -0.2) is 0 Å². The maximum atomic E-state index is 4.50. The lowest BCUT2D eigenvalue weighted by atomic mass is 10.1. The average molecular weight is 232 g/mol. The predicted molar refractivity (Wildman–Crippen MR) is 68.9 cm³/mol. The van der Waals surface area contributed by atoms with E-state index in [9.17, 15) is 0 Å². The smallest absolute Gasteiger partial charge is 0.0899 e.